The fraction of sp³-hybridized carbons (Fsp3) is 0.562. The summed E-state index contributed by atoms with van der Waals surface area (Å²) in [5.41, 5.74) is 1.85. The van der Waals surface area contributed by atoms with Gasteiger partial charge in [0.2, 0.25) is 0 Å². The highest BCUT2D eigenvalue weighted by Crippen LogP contribution is 2.19. The fourth-order valence-corrected chi connectivity index (χ4v) is 2.10. The highest BCUT2D eigenvalue weighted by Gasteiger charge is 2.09. The molecule has 100 valence electrons. The lowest BCUT2D eigenvalue weighted by Gasteiger charge is -2.07. The molecular formula is C16H24O2. The van der Waals surface area contributed by atoms with Gasteiger partial charge in [0.15, 0.2) is 5.78 Å². The number of hydrogen-bond donors (Lipinski definition) is 0. The molecule has 0 aliphatic rings. The Kier molecular flexibility index (Phi) is 6.48. The average Bonchev–Trinajstić information content (AvgIpc) is 2.38. The van der Waals surface area contributed by atoms with Gasteiger partial charge in [0, 0.05) is 12.0 Å². The summed E-state index contributed by atoms with van der Waals surface area (Å²) in [5, 5.41) is 0. The van der Waals surface area contributed by atoms with Gasteiger partial charge in [-0.15, -0.1) is 0 Å². The minimum atomic E-state index is 0.256. The van der Waals surface area contributed by atoms with Crippen molar-refractivity contribution in [3.05, 3.63) is 29.3 Å². The lowest BCUT2D eigenvalue weighted by molar-refractivity contribution is 0.0978. The molecule has 0 unspecified atom stereocenters. The summed E-state index contributed by atoms with van der Waals surface area (Å²) in [5.74, 6) is 1.07. The molecule has 1 aromatic carbocycles. The highest BCUT2D eigenvalue weighted by molar-refractivity contribution is 5.97. The third-order valence-corrected chi connectivity index (χ3v) is 3.24. The number of aryl methyl sites for hydroxylation is 1. The Bertz CT molecular complexity index is 383. The van der Waals surface area contributed by atoms with E-state index in [9.17, 15) is 4.79 Å². The minimum absolute atomic E-state index is 0.256. The van der Waals surface area contributed by atoms with Crippen LogP contribution in [0.25, 0.3) is 0 Å². The summed E-state index contributed by atoms with van der Waals surface area (Å²) in [6, 6.07) is 5.66. The molecule has 0 amide bonds. The number of carbonyl (C=O) groups excluding carboxylic acids is 1. The van der Waals surface area contributed by atoms with Gasteiger partial charge in [0.25, 0.3) is 0 Å². The molecule has 0 saturated carbocycles. The molecule has 0 aliphatic carbocycles. The summed E-state index contributed by atoms with van der Waals surface area (Å²) in [6.07, 6.45) is 6.59. The third-order valence-electron chi connectivity index (χ3n) is 3.24. The van der Waals surface area contributed by atoms with Crippen LogP contribution in [0, 0.1) is 6.92 Å². The largest absolute Gasteiger partial charge is 0.497 e. The van der Waals surface area contributed by atoms with Gasteiger partial charge < -0.3 is 4.74 Å². The SMILES string of the molecule is CCCCCCCC(=O)c1ccc(OC)cc1C. The molecule has 0 bridgehead atoms. The molecule has 0 atom stereocenters. The van der Waals surface area contributed by atoms with Gasteiger partial charge in [-0.05, 0) is 37.1 Å². The number of benzene rings is 1. The first-order valence-electron chi connectivity index (χ1n) is 6.87. The Balaban J connectivity index is 2.46. The molecule has 2 nitrogen and oxygen atoms in total. The molecule has 0 saturated heterocycles. The maximum absolute atomic E-state index is 12.1. The van der Waals surface area contributed by atoms with Crippen molar-refractivity contribution in [3.8, 4) is 5.75 Å². The van der Waals surface area contributed by atoms with Crippen LogP contribution in [0.5, 0.6) is 5.75 Å². The zero-order valence-electron chi connectivity index (χ0n) is 11.8. The molecule has 0 aromatic heterocycles. The van der Waals surface area contributed by atoms with Crippen LogP contribution in [0.1, 0.15) is 61.4 Å². The molecule has 18 heavy (non-hydrogen) atoms. The van der Waals surface area contributed by atoms with E-state index in [1.807, 2.05) is 25.1 Å². The summed E-state index contributed by atoms with van der Waals surface area (Å²) in [7, 11) is 1.64. The molecule has 0 fully saturated rings. The molecule has 0 N–H and O–H groups in total. The van der Waals surface area contributed by atoms with Crippen LogP contribution in [0.4, 0.5) is 0 Å². The van der Waals surface area contributed by atoms with Gasteiger partial charge in [-0.1, -0.05) is 32.6 Å². The molecular weight excluding hydrogens is 224 g/mol. The van der Waals surface area contributed by atoms with E-state index in [1.165, 1.54) is 19.3 Å². The first-order valence-corrected chi connectivity index (χ1v) is 6.87. The van der Waals surface area contributed by atoms with E-state index < -0.39 is 0 Å². The lowest BCUT2D eigenvalue weighted by atomic mass is 10.00. The van der Waals surface area contributed by atoms with Crippen LogP contribution in [0.3, 0.4) is 0 Å². The number of ether oxygens (including phenoxy) is 1. The monoisotopic (exact) mass is 248 g/mol. The second-order valence-corrected chi connectivity index (χ2v) is 4.77. The standard InChI is InChI=1S/C16H24O2/c1-4-5-6-7-8-9-16(17)15-11-10-14(18-3)12-13(15)2/h10-12H,4-9H2,1-3H3. The molecule has 0 heterocycles. The van der Waals surface area contributed by atoms with Crippen molar-refractivity contribution >= 4 is 5.78 Å². The van der Waals surface area contributed by atoms with Crippen molar-refractivity contribution in [2.24, 2.45) is 0 Å². The Morgan fingerprint density at radius 3 is 2.50 bits per heavy atom. The maximum Gasteiger partial charge on any atom is 0.163 e. The van der Waals surface area contributed by atoms with Crippen molar-refractivity contribution in [2.45, 2.75) is 52.4 Å². The second kappa shape index (κ2) is 7.91. The quantitative estimate of drug-likeness (QED) is 0.498. The van der Waals surface area contributed by atoms with Crippen LogP contribution in [0.15, 0.2) is 18.2 Å². The Morgan fingerprint density at radius 1 is 1.17 bits per heavy atom. The summed E-state index contributed by atoms with van der Waals surface area (Å²) in [6.45, 7) is 4.17. The van der Waals surface area contributed by atoms with Gasteiger partial charge in [-0.3, -0.25) is 4.79 Å². The number of hydrogen-bond acceptors (Lipinski definition) is 2. The minimum Gasteiger partial charge on any atom is -0.497 e. The van der Waals surface area contributed by atoms with Crippen molar-refractivity contribution in [1.29, 1.82) is 0 Å². The predicted molar refractivity (Wildman–Crippen MR) is 75.4 cm³/mol. The van der Waals surface area contributed by atoms with Crippen LogP contribution >= 0.6 is 0 Å². The van der Waals surface area contributed by atoms with Gasteiger partial charge in [0.05, 0.1) is 7.11 Å². The molecule has 2 heteroatoms. The number of Topliss-reactive ketones (excluding diaryl/α,β-unsaturated/α-hetero) is 1. The number of carbonyl (C=O) groups is 1. The van der Waals surface area contributed by atoms with E-state index >= 15 is 0 Å². The molecule has 0 radical (unpaired) electrons. The van der Waals surface area contributed by atoms with Gasteiger partial charge >= 0.3 is 0 Å². The zero-order chi connectivity index (χ0) is 13.4. The lowest BCUT2D eigenvalue weighted by Crippen LogP contribution is -2.02. The van der Waals surface area contributed by atoms with Gasteiger partial charge in [0.1, 0.15) is 5.75 Å². The topological polar surface area (TPSA) is 26.3 Å². The normalized spacial score (nSPS) is 10.4. The van der Waals surface area contributed by atoms with Crippen molar-refractivity contribution in [2.75, 3.05) is 7.11 Å². The first-order chi connectivity index (χ1) is 8.69. The Hall–Kier alpha value is -1.31. The summed E-state index contributed by atoms with van der Waals surface area (Å²) < 4.78 is 5.14. The van der Waals surface area contributed by atoms with Gasteiger partial charge in [-0.2, -0.15) is 0 Å². The number of rotatable bonds is 8. The fourth-order valence-electron chi connectivity index (χ4n) is 2.10. The van der Waals surface area contributed by atoms with E-state index in [2.05, 4.69) is 6.92 Å². The molecule has 1 rings (SSSR count). The Labute approximate surface area is 110 Å². The van der Waals surface area contributed by atoms with E-state index in [0.29, 0.717) is 6.42 Å². The van der Waals surface area contributed by atoms with Crippen molar-refractivity contribution in [1.82, 2.24) is 0 Å². The smallest absolute Gasteiger partial charge is 0.163 e. The summed E-state index contributed by atoms with van der Waals surface area (Å²) in [4.78, 5) is 12.1. The molecule has 0 aliphatic heterocycles. The number of unbranched alkanes of at least 4 members (excludes halogenated alkanes) is 4. The van der Waals surface area contributed by atoms with Gasteiger partial charge in [-0.25, -0.2) is 0 Å². The zero-order valence-corrected chi connectivity index (χ0v) is 11.8. The predicted octanol–water partition coefficient (Wildman–Crippen LogP) is 4.55. The average molecular weight is 248 g/mol. The van der Waals surface area contributed by atoms with E-state index in [1.54, 1.807) is 7.11 Å². The van der Waals surface area contributed by atoms with Crippen LogP contribution < -0.4 is 4.74 Å². The first kappa shape index (κ1) is 14.7. The summed E-state index contributed by atoms with van der Waals surface area (Å²) >= 11 is 0. The van der Waals surface area contributed by atoms with Crippen molar-refractivity contribution < 1.29 is 9.53 Å². The number of methoxy groups -OCH3 is 1. The maximum atomic E-state index is 12.1. The van der Waals surface area contributed by atoms with E-state index in [-0.39, 0.29) is 5.78 Å². The van der Waals surface area contributed by atoms with E-state index in [0.717, 1.165) is 29.7 Å². The van der Waals surface area contributed by atoms with E-state index in [4.69, 9.17) is 4.74 Å². The van der Waals surface area contributed by atoms with Crippen LogP contribution in [-0.2, 0) is 0 Å². The Morgan fingerprint density at radius 2 is 1.89 bits per heavy atom. The third kappa shape index (κ3) is 4.52. The molecule has 0 spiro atoms. The number of ketones is 1. The van der Waals surface area contributed by atoms with Crippen molar-refractivity contribution in [3.63, 3.8) is 0 Å². The van der Waals surface area contributed by atoms with Crippen LogP contribution in [0.2, 0.25) is 0 Å². The van der Waals surface area contributed by atoms with Crippen LogP contribution in [-0.4, -0.2) is 12.9 Å². The highest BCUT2D eigenvalue weighted by atomic mass is 16.5. The second-order valence-electron chi connectivity index (χ2n) is 4.77. The molecule has 1 aromatic rings.